The van der Waals surface area contributed by atoms with Crippen LogP contribution in [0.1, 0.15) is 5.56 Å². The molecule has 162 valence electrons. The van der Waals surface area contributed by atoms with Crippen molar-refractivity contribution < 1.29 is 27.0 Å². The second-order valence-electron chi connectivity index (χ2n) is 6.85. The maximum Gasteiger partial charge on any atom is 0.339 e. The molecule has 0 spiro atoms. The van der Waals surface area contributed by atoms with E-state index in [4.69, 9.17) is 9.92 Å². The number of thioether (sulfide) groups is 1. The topological polar surface area (TPSA) is 124 Å². The third-order valence-electron chi connectivity index (χ3n) is 4.58. The summed E-state index contributed by atoms with van der Waals surface area (Å²) in [4.78, 5) is 36.1. The van der Waals surface area contributed by atoms with Gasteiger partial charge in [-0.05, 0) is 58.4 Å². The number of carbonyl (C=O) groups excluding carboxylic acids is 3. The Labute approximate surface area is 187 Å². The Kier molecular flexibility index (Phi) is 5.72. The van der Waals surface area contributed by atoms with Crippen molar-refractivity contribution in [3.63, 3.8) is 0 Å². The van der Waals surface area contributed by atoms with Crippen molar-refractivity contribution in [3.8, 4) is 5.75 Å². The van der Waals surface area contributed by atoms with Crippen LogP contribution in [0.2, 0.25) is 0 Å². The molecule has 0 radical (unpaired) electrons. The van der Waals surface area contributed by atoms with Gasteiger partial charge in [0, 0.05) is 0 Å². The Morgan fingerprint density at radius 3 is 2.38 bits per heavy atom. The summed E-state index contributed by atoms with van der Waals surface area (Å²) in [5.74, 6) is -1.31. The molecule has 3 amide bonds. The number of primary amides is 1. The number of imide groups is 1. The molecule has 1 saturated heterocycles. The van der Waals surface area contributed by atoms with Gasteiger partial charge in [-0.1, -0.05) is 42.5 Å². The monoisotopic (exact) mass is 468 g/mol. The molecule has 1 fully saturated rings. The molecule has 1 heterocycles. The Morgan fingerprint density at radius 2 is 1.69 bits per heavy atom. The van der Waals surface area contributed by atoms with Gasteiger partial charge in [-0.25, -0.2) is 0 Å². The highest BCUT2D eigenvalue weighted by molar-refractivity contribution is 8.18. The van der Waals surface area contributed by atoms with Gasteiger partial charge in [-0.2, -0.15) is 8.42 Å². The van der Waals surface area contributed by atoms with Crippen molar-refractivity contribution in [3.05, 3.63) is 77.2 Å². The molecule has 32 heavy (non-hydrogen) atoms. The van der Waals surface area contributed by atoms with Crippen LogP contribution in [0.25, 0.3) is 16.8 Å². The van der Waals surface area contributed by atoms with Crippen molar-refractivity contribution in [1.29, 1.82) is 0 Å². The predicted molar refractivity (Wildman–Crippen MR) is 120 cm³/mol. The molecule has 3 aromatic rings. The van der Waals surface area contributed by atoms with E-state index in [1.165, 1.54) is 24.3 Å². The molecule has 0 aromatic heterocycles. The lowest BCUT2D eigenvalue weighted by atomic mass is 10.1. The molecule has 0 saturated carbocycles. The Bertz CT molecular complexity index is 1380. The number of fused-ring (bicyclic) bond motifs is 1. The van der Waals surface area contributed by atoms with Gasteiger partial charge in [0.25, 0.3) is 11.1 Å². The number of amides is 3. The van der Waals surface area contributed by atoms with Gasteiger partial charge in [0.2, 0.25) is 5.91 Å². The van der Waals surface area contributed by atoms with Crippen molar-refractivity contribution in [1.82, 2.24) is 4.90 Å². The van der Waals surface area contributed by atoms with Crippen LogP contribution in [0.15, 0.2) is 76.5 Å². The predicted octanol–water partition coefficient (Wildman–Crippen LogP) is 3.13. The first-order valence-electron chi connectivity index (χ1n) is 9.30. The van der Waals surface area contributed by atoms with Crippen LogP contribution < -0.4 is 9.92 Å². The maximum atomic E-state index is 12.6. The molecular weight excluding hydrogens is 452 g/mol. The Hall–Kier alpha value is -3.63. The lowest BCUT2D eigenvalue weighted by Crippen LogP contribution is -2.36. The molecule has 4 rings (SSSR count). The Morgan fingerprint density at radius 1 is 1.00 bits per heavy atom. The molecule has 0 unspecified atom stereocenters. The van der Waals surface area contributed by atoms with E-state index in [-0.39, 0.29) is 15.6 Å². The number of benzene rings is 3. The van der Waals surface area contributed by atoms with Crippen LogP contribution in [0.5, 0.6) is 5.75 Å². The number of nitrogens with zero attached hydrogens (tertiary/aromatic N) is 1. The molecular formula is C22H16N2O6S2. The van der Waals surface area contributed by atoms with E-state index >= 15 is 0 Å². The van der Waals surface area contributed by atoms with Gasteiger partial charge >= 0.3 is 10.1 Å². The van der Waals surface area contributed by atoms with Gasteiger partial charge < -0.3 is 9.92 Å². The fourth-order valence-electron chi connectivity index (χ4n) is 3.06. The minimum absolute atomic E-state index is 0.0309. The zero-order valence-electron chi connectivity index (χ0n) is 16.4. The fourth-order valence-corrected chi connectivity index (χ4v) is 4.87. The first kappa shape index (κ1) is 21.6. The standard InChI is InChI=1S/C22H16N2O6S2/c23-20(25)13-24-21(26)19(31-22(24)27)11-14-5-8-17(9-6-14)30-32(28,29)18-10-7-15-3-1-2-4-16(15)12-18/h1-12H,13H2,(H2,23,25)/b19-11-. The van der Waals surface area contributed by atoms with E-state index < -0.39 is 33.7 Å². The average Bonchev–Trinajstić information content (AvgIpc) is 3.01. The Balaban J connectivity index is 1.51. The van der Waals surface area contributed by atoms with E-state index in [0.29, 0.717) is 17.3 Å². The normalized spacial score (nSPS) is 15.5. The summed E-state index contributed by atoms with van der Waals surface area (Å²) in [7, 11) is -4.04. The number of nitrogens with two attached hydrogens (primary N) is 1. The average molecular weight is 469 g/mol. The van der Waals surface area contributed by atoms with Crippen molar-refractivity contribution >= 4 is 55.8 Å². The van der Waals surface area contributed by atoms with E-state index in [9.17, 15) is 22.8 Å². The van der Waals surface area contributed by atoms with Gasteiger partial charge in [0.15, 0.2) is 0 Å². The zero-order valence-corrected chi connectivity index (χ0v) is 18.1. The third kappa shape index (κ3) is 4.51. The molecule has 10 heteroatoms. The van der Waals surface area contributed by atoms with E-state index in [2.05, 4.69) is 0 Å². The molecule has 8 nitrogen and oxygen atoms in total. The van der Waals surface area contributed by atoms with Crippen LogP contribution in [0.3, 0.4) is 0 Å². The highest BCUT2D eigenvalue weighted by Gasteiger charge is 2.35. The maximum absolute atomic E-state index is 12.6. The molecule has 3 aromatic carbocycles. The molecule has 2 N–H and O–H groups in total. The third-order valence-corrected chi connectivity index (χ3v) is 6.73. The number of rotatable bonds is 6. The molecule has 0 atom stereocenters. The van der Waals surface area contributed by atoms with Crippen LogP contribution >= 0.6 is 11.8 Å². The van der Waals surface area contributed by atoms with Gasteiger partial charge in [0.1, 0.15) is 17.2 Å². The fraction of sp³-hybridized carbons (Fsp3) is 0.0455. The highest BCUT2D eigenvalue weighted by atomic mass is 32.2. The van der Waals surface area contributed by atoms with Crippen LogP contribution in [-0.4, -0.2) is 36.9 Å². The summed E-state index contributed by atoms with van der Waals surface area (Å²) in [5, 5.41) is 1.11. The van der Waals surface area contributed by atoms with Crippen LogP contribution in [0.4, 0.5) is 4.79 Å². The number of hydrogen-bond acceptors (Lipinski definition) is 7. The van der Waals surface area contributed by atoms with Gasteiger partial charge in [0.05, 0.1) is 4.91 Å². The van der Waals surface area contributed by atoms with Crippen molar-refractivity contribution in [2.75, 3.05) is 6.54 Å². The lowest BCUT2D eigenvalue weighted by molar-refractivity contribution is -0.127. The largest absolute Gasteiger partial charge is 0.379 e. The minimum atomic E-state index is -4.04. The first-order valence-corrected chi connectivity index (χ1v) is 11.5. The second-order valence-corrected chi connectivity index (χ2v) is 9.39. The smallest absolute Gasteiger partial charge is 0.339 e. The summed E-state index contributed by atoms with van der Waals surface area (Å²) >= 11 is 0.695. The zero-order chi connectivity index (χ0) is 22.9. The van der Waals surface area contributed by atoms with E-state index in [0.717, 1.165) is 15.7 Å². The second kappa shape index (κ2) is 8.48. The quantitative estimate of drug-likeness (QED) is 0.435. The van der Waals surface area contributed by atoms with Crippen LogP contribution in [0, 0.1) is 0 Å². The number of carbonyl (C=O) groups is 3. The van der Waals surface area contributed by atoms with Crippen molar-refractivity contribution in [2.24, 2.45) is 5.73 Å². The van der Waals surface area contributed by atoms with Crippen molar-refractivity contribution in [2.45, 2.75) is 4.90 Å². The van der Waals surface area contributed by atoms with Gasteiger partial charge in [-0.15, -0.1) is 0 Å². The molecule has 1 aliphatic rings. The van der Waals surface area contributed by atoms with E-state index in [1.54, 1.807) is 24.3 Å². The summed E-state index contributed by atoms with van der Waals surface area (Å²) in [6.07, 6.45) is 1.47. The SMILES string of the molecule is NC(=O)CN1C(=O)S/C(=C\c2ccc(OS(=O)(=O)c3ccc4ccccc4c3)cc2)C1=O. The molecule has 0 bridgehead atoms. The first-order chi connectivity index (χ1) is 15.2. The summed E-state index contributed by atoms with van der Waals surface area (Å²) in [6, 6.07) is 18.1. The summed E-state index contributed by atoms with van der Waals surface area (Å²) < 4.78 is 30.5. The summed E-state index contributed by atoms with van der Waals surface area (Å²) in [6.45, 7) is -0.485. The molecule has 1 aliphatic heterocycles. The van der Waals surface area contributed by atoms with Crippen LogP contribution in [-0.2, 0) is 19.7 Å². The summed E-state index contributed by atoms with van der Waals surface area (Å²) in [5.41, 5.74) is 5.60. The minimum Gasteiger partial charge on any atom is -0.379 e. The lowest BCUT2D eigenvalue weighted by Gasteiger charge is -2.09. The highest BCUT2D eigenvalue weighted by Crippen LogP contribution is 2.32. The van der Waals surface area contributed by atoms with E-state index in [1.807, 2.05) is 24.3 Å². The van der Waals surface area contributed by atoms with Gasteiger partial charge in [-0.3, -0.25) is 19.3 Å². The number of hydrogen-bond donors (Lipinski definition) is 1. The molecule has 0 aliphatic carbocycles.